The molecule has 6 heteroatoms. The molecule has 0 fully saturated rings. The molecule has 0 aliphatic rings. The highest BCUT2D eigenvalue weighted by molar-refractivity contribution is 9.11. The first-order chi connectivity index (χ1) is 8.28. The van der Waals surface area contributed by atoms with Crippen molar-refractivity contribution in [3.05, 3.63) is 33.2 Å². The Labute approximate surface area is 113 Å². The third kappa shape index (κ3) is 3.67. The van der Waals surface area contributed by atoms with Crippen molar-refractivity contribution in [1.82, 2.24) is 9.97 Å². The minimum atomic E-state index is 0.764. The molecule has 90 valence electrons. The number of nitrogens with zero attached hydrogens (tertiary/aromatic N) is 2. The van der Waals surface area contributed by atoms with Crippen LogP contribution in [0.3, 0.4) is 0 Å². The van der Waals surface area contributed by atoms with Gasteiger partial charge in [0.1, 0.15) is 11.6 Å². The van der Waals surface area contributed by atoms with Crippen molar-refractivity contribution in [1.29, 1.82) is 0 Å². The first kappa shape index (κ1) is 12.3. The highest BCUT2D eigenvalue weighted by Crippen LogP contribution is 2.22. The lowest BCUT2D eigenvalue weighted by molar-refractivity contribution is 1.08. The molecule has 0 amide bonds. The fourth-order valence-electron chi connectivity index (χ4n) is 1.34. The van der Waals surface area contributed by atoms with Crippen molar-refractivity contribution in [3.8, 4) is 0 Å². The van der Waals surface area contributed by atoms with Crippen LogP contribution in [0.15, 0.2) is 28.3 Å². The molecule has 2 aromatic rings. The zero-order chi connectivity index (χ0) is 12.1. The standard InChI is InChI=1S/C11H13BrN4S/c1-2-14-10-6-13-7-11(16-10)15-5-8-3-4-9(12)17-8/h3-4,6-7H,2,5H2,1H3,(H2,14,15,16). The van der Waals surface area contributed by atoms with Gasteiger partial charge in [-0.3, -0.25) is 4.98 Å². The predicted molar refractivity (Wildman–Crippen MR) is 75.5 cm³/mol. The van der Waals surface area contributed by atoms with E-state index in [1.807, 2.05) is 13.0 Å². The van der Waals surface area contributed by atoms with Crippen molar-refractivity contribution in [2.75, 3.05) is 17.2 Å². The topological polar surface area (TPSA) is 49.8 Å². The maximum Gasteiger partial charge on any atom is 0.147 e. The first-order valence-corrected chi connectivity index (χ1v) is 6.93. The SMILES string of the molecule is CCNc1cncc(NCc2ccc(Br)s2)n1. The third-order valence-corrected chi connectivity index (χ3v) is 3.69. The van der Waals surface area contributed by atoms with E-state index in [-0.39, 0.29) is 0 Å². The molecule has 0 unspecified atom stereocenters. The van der Waals surface area contributed by atoms with Gasteiger partial charge >= 0.3 is 0 Å². The van der Waals surface area contributed by atoms with Crippen LogP contribution in [-0.4, -0.2) is 16.5 Å². The number of halogens is 1. The molecule has 17 heavy (non-hydrogen) atoms. The average molecular weight is 313 g/mol. The number of nitrogens with one attached hydrogen (secondary N) is 2. The summed E-state index contributed by atoms with van der Waals surface area (Å²) in [7, 11) is 0. The smallest absolute Gasteiger partial charge is 0.147 e. The molecule has 0 atom stereocenters. The summed E-state index contributed by atoms with van der Waals surface area (Å²) in [5.41, 5.74) is 0. The molecule has 2 N–H and O–H groups in total. The summed E-state index contributed by atoms with van der Waals surface area (Å²) >= 11 is 5.16. The van der Waals surface area contributed by atoms with Crippen LogP contribution in [0.25, 0.3) is 0 Å². The highest BCUT2D eigenvalue weighted by Gasteiger charge is 2.00. The molecular formula is C11H13BrN4S. The van der Waals surface area contributed by atoms with Gasteiger partial charge in [0.2, 0.25) is 0 Å². The van der Waals surface area contributed by atoms with E-state index in [4.69, 9.17) is 0 Å². The summed E-state index contributed by atoms with van der Waals surface area (Å²) in [5.74, 6) is 1.58. The number of hydrogen-bond donors (Lipinski definition) is 2. The van der Waals surface area contributed by atoms with Gasteiger partial charge in [-0.1, -0.05) is 0 Å². The molecule has 2 rings (SSSR count). The van der Waals surface area contributed by atoms with E-state index in [1.165, 1.54) is 4.88 Å². The van der Waals surface area contributed by atoms with Crippen LogP contribution in [0.1, 0.15) is 11.8 Å². The van der Waals surface area contributed by atoms with Crippen LogP contribution in [0, 0.1) is 0 Å². The average Bonchev–Trinajstić information content (AvgIpc) is 2.74. The Bertz CT molecular complexity index is 486. The molecule has 0 aromatic carbocycles. The molecule has 2 aromatic heterocycles. The van der Waals surface area contributed by atoms with Gasteiger partial charge in [0.25, 0.3) is 0 Å². The van der Waals surface area contributed by atoms with Gasteiger partial charge in [-0.15, -0.1) is 11.3 Å². The van der Waals surface area contributed by atoms with Crippen LogP contribution < -0.4 is 10.6 Å². The molecule has 0 saturated carbocycles. The van der Waals surface area contributed by atoms with E-state index in [0.29, 0.717) is 0 Å². The van der Waals surface area contributed by atoms with Gasteiger partial charge in [-0.05, 0) is 35.0 Å². The maximum absolute atomic E-state index is 4.39. The normalized spacial score (nSPS) is 10.2. The molecule has 0 bridgehead atoms. The lowest BCUT2D eigenvalue weighted by atomic mass is 10.4. The Hall–Kier alpha value is -1.14. The molecule has 4 nitrogen and oxygen atoms in total. The summed E-state index contributed by atoms with van der Waals surface area (Å²) in [6.07, 6.45) is 3.44. The zero-order valence-corrected chi connectivity index (χ0v) is 11.8. The van der Waals surface area contributed by atoms with Gasteiger partial charge in [0.15, 0.2) is 0 Å². The number of thiophene rings is 1. The van der Waals surface area contributed by atoms with E-state index < -0.39 is 0 Å². The van der Waals surface area contributed by atoms with E-state index >= 15 is 0 Å². The Morgan fingerprint density at radius 3 is 2.65 bits per heavy atom. The van der Waals surface area contributed by atoms with Gasteiger partial charge < -0.3 is 10.6 Å². The molecule has 0 radical (unpaired) electrons. The second-order valence-electron chi connectivity index (χ2n) is 3.38. The van der Waals surface area contributed by atoms with Crippen LogP contribution in [0.4, 0.5) is 11.6 Å². The van der Waals surface area contributed by atoms with Crippen molar-refractivity contribution >= 4 is 38.9 Å². The number of rotatable bonds is 5. The zero-order valence-electron chi connectivity index (χ0n) is 9.40. The Kier molecular flexibility index (Phi) is 4.33. The van der Waals surface area contributed by atoms with E-state index in [9.17, 15) is 0 Å². The third-order valence-electron chi connectivity index (χ3n) is 2.07. The van der Waals surface area contributed by atoms with Gasteiger partial charge in [-0.25, -0.2) is 4.98 Å². The molecule has 2 heterocycles. The van der Waals surface area contributed by atoms with Crippen LogP contribution >= 0.6 is 27.3 Å². The minimum absolute atomic E-state index is 0.764. The van der Waals surface area contributed by atoms with Crippen LogP contribution in [-0.2, 0) is 6.54 Å². The van der Waals surface area contributed by atoms with Crippen LogP contribution in [0.5, 0.6) is 0 Å². The quantitative estimate of drug-likeness (QED) is 0.889. The lowest BCUT2D eigenvalue weighted by Crippen LogP contribution is -2.04. The molecular weight excluding hydrogens is 300 g/mol. The molecule has 0 aliphatic heterocycles. The second kappa shape index (κ2) is 5.97. The Morgan fingerprint density at radius 1 is 1.24 bits per heavy atom. The van der Waals surface area contributed by atoms with Crippen molar-refractivity contribution < 1.29 is 0 Å². The Balaban J connectivity index is 1.96. The first-order valence-electron chi connectivity index (χ1n) is 5.32. The predicted octanol–water partition coefficient (Wildman–Crippen LogP) is 3.34. The fourth-order valence-corrected chi connectivity index (χ4v) is 2.76. The minimum Gasteiger partial charge on any atom is -0.369 e. The van der Waals surface area contributed by atoms with Crippen LogP contribution in [0.2, 0.25) is 0 Å². The van der Waals surface area contributed by atoms with Crippen molar-refractivity contribution in [3.63, 3.8) is 0 Å². The Morgan fingerprint density at radius 2 is 2.00 bits per heavy atom. The lowest BCUT2D eigenvalue weighted by Gasteiger charge is -2.06. The summed E-state index contributed by atoms with van der Waals surface area (Å²) in [6.45, 7) is 3.64. The van der Waals surface area contributed by atoms with Crippen molar-refractivity contribution in [2.45, 2.75) is 13.5 Å². The van der Waals surface area contributed by atoms with E-state index in [1.54, 1.807) is 23.7 Å². The number of anilines is 2. The number of hydrogen-bond acceptors (Lipinski definition) is 5. The number of aromatic nitrogens is 2. The monoisotopic (exact) mass is 312 g/mol. The summed E-state index contributed by atoms with van der Waals surface area (Å²) in [6, 6.07) is 4.13. The summed E-state index contributed by atoms with van der Waals surface area (Å²) in [5, 5.41) is 6.38. The second-order valence-corrected chi connectivity index (χ2v) is 5.93. The summed E-state index contributed by atoms with van der Waals surface area (Å²) < 4.78 is 1.14. The molecule has 0 saturated heterocycles. The highest BCUT2D eigenvalue weighted by atomic mass is 79.9. The van der Waals surface area contributed by atoms with E-state index in [2.05, 4.69) is 42.6 Å². The van der Waals surface area contributed by atoms with Gasteiger partial charge in [0.05, 0.1) is 22.7 Å². The van der Waals surface area contributed by atoms with Gasteiger partial charge in [0, 0.05) is 11.4 Å². The summed E-state index contributed by atoms with van der Waals surface area (Å²) in [4.78, 5) is 9.78. The van der Waals surface area contributed by atoms with E-state index in [0.717, 1.165) is 28.5 Å². The fraction of sp³-hybridized carbons (Fsp3) is 0.273. The van der Waals surface area contributed by atoms with Crippen molar-refractivity contribution in [2.24, 2.45) is 0 Å². The molecule has 0 aliphatic carbocycles. The largest absolute Gasteiger partial charge is 0.369 e. The molecule has 0 spiro atoms. The maximum atomic E-state index is 4.39. The van der Waals surface area contributed by atoms with Gasteiger partial charge in [-0.2, -0.15) is 0 Å².